The normalized spacial score (nSPS) is 17.9. The summed E-state index contributed by atoms with van der Waals surface area (Å²) in [6.45, 7) is 11.1. The molecule has 0 radical (unpaired) electrons. The van der Waals surface area contributed by atoms with Crippen LogP contribution in [0.1, 0.15) is 52.1 Å². The third-order valence-corrected chi connectivity index (χ3v) is 4.29. The highest BCUT2D eigenvalue weighted by molar-refractivity contribution is 5.56. The molecule has 20 heavy (non-hydrogen) atoms. The van der Waals surface area contributed by atoms with Gasteiger partial charge in [-0.25, -0.2) is 0 Å². The number of para-hydroxylation sites is 1. The van der Waals surface area contributed by atoms with Crippen molar-refractivity contribution in [2.75, 3.05) is 18.0 Å². The van der Waals surface area contributed by atoms with E-state index in [0.29, 0.717) is 5.41 Å². The molecular formula is C18H28N2. The van der Waals surface area contributed by atoms with Crippen LogP contribution >= 0.6 is 0 Å². The first-order valence-electron chi connectivity index (χ1n) is 7.72. The van der Waals surface area contributed by atoms with Crippen LogP contribution in [-0.2, 0) is 0 Å². The zero-order chi connectivity index (χ0) is 14.8. The highest BCUT2D eigenvalue weighted by Gasteiger charge is 2.22. The van der Waals surface area contributed by atoms with Crippen molar-refractivity contribution < 1.29 is 0 Å². The van der Waals surface area contributed by atoms with Crippen LogP contribution in [0.5, 0.6) is 0 Å². The van der Waals surface area contributed by atoms with Crippen molar-refractivity contribution in [3.8, 4) is 0 Å². The number of benzene rings is 1. The number of hydrogen-bond donors (Lipinski definition) is 1. The lowest BCUT2D eigenvalue weighted by atomic mass is 9.83. The summed E-state index contributed by atoms with van der Waals surface area (Å²) in [6, 6.07) is 8.73. The molecule has 0 amide bonds. The summed E-state index contributed by atoms with van der Waals surface area (Å²) in [5.41, 5.74) is 10.7. The largest absolute Gasteiger partial charge is 0.367 e. The van der Waals surface area contributed by atoms with Gasteiger partial charge in [0.1, 0.15) is 0 Å². The van der Waals surface area contributed by atoms with E-state index >= 15 is 0 Å². The van der Waals surface area contributed by atoms with Crippen molar-refractivity contribution >= 4 is 5.69 Å². The summed E-state index contributed by atoms with van der Waals surface area (Å²) in [7, 11) is 0. The zero-order valence-electron chi connectivity index (χ0n) is 13.3. The fraction of sp³-hybridized carbons (Fsp3) is 0.556. The molecule has 1 aliphatic rings. The standard InChI is InChI=1S/C18H28N2/c1-5-16(19)15-8-6-7-9-17(15)20-12-10-14(11-13-20)18(2,3)4/h6-10,16H,5,11-13,19H2,1-4H3/t16-/m0/s1. The maximum Gasteiger partial charge on any atom is 0.0417 e. The molecule has 1 heterocycles. The second kappa shape index (κ2) is 6.01. The van der Waals surface area contributed by atoms with E-state index in [1.54, 1.807) is 5.57 Å². The summed E-state index contributed by atoms with van der Waals surface area (Å²) in [6.07, 6.45) is 4.53. The molecule has 2 heteroatoms. The van der Waals surface area contributed by atoms with E-state index in [0.717, 1.165) is 25.9 Å². The molecule has 2 nitrogen and oxygen atoms in total. The van der Waals surface area contributed by atoms with Crippen LogP contribution in [0.3, 0.4) is 0 Å². The minimum Gasteiger partial charge on any atom is -0.367 e. The quantitative estimate of drug-likeness (QED) is 0.832. The van der Waals surface area contributed by atoms with Gasteiger partial charge in [0.25, 0.3) is 0 Å². The van der Waals surface area contributed by atoms with E-state index < -0.39 is 0 Å². The van der Waals surface area contributed by atoms with Gasteiger partial charge in [0.2, 0.25) is 0 Å². The number of nitrogens with zero attached hydrogens (tertiary/aromatic N) is 1. The van der Waals surface area contributed by atoms with Gasteiger partial charge in [-0.15, -0.1) is 0 Å². The Morgan fingerprint density at radius 1 is 1.25 bits per heavy atom. The van der Waals surface area contributed by atoms with Crippen LogP contribution in [0.15, 0.2) is 35.9 Å². The first-order chi connectivity index (χ1) is 9.43. The lowest BCUT2D eigenvalue weighted by molar-refractivity contribution is 0.472. The monoisotopic (exact) mass is 272 g/mol. The van der Waals surface area contributed by atoms with Gasteiger partial charge in [0.15, 0.2) is 0 Å². The Balaban J connectivity index is 2.21. The Bertz CT molecular complexity index is 482. The Labute approximate surface area is 123 Å². The summed E-state index contributed by atoms with van der Waals surface area (Å²) >= 11 is 0. The summed E-state index contributed by atoms with van der Waals surface area (Å²) in [5, 5.41) is 0. The number of hydrogen-bond acceptors (Lipinski definition) is 2. The van der Waals surface area contributed by atoms with E-state index in [1.165, 1.54) is 11.3 Å². The van der Waals surface area contributed by atoms with Gasteiger partial charge in [0.05, 0.1) is 0 Å². The smallest absolute Gasteiger partial charge is 0.0417 e. The lowest BCUT2D eigenvalue weighted by Gasteiger charge is -2.35. The number of anilines is 1. The molecule has 1 aromatic carbocycles. The Kier molecular flexibility index (Phi) is 4.54. The van der Waals surface area contributed by atoms with Crippen LogP contribution in [0.2, 0.25) is 0 Å². The van der Waals surface area contributed by atoms with Gasteiger partial charge in [-0.2, -0.15) is 0 Å². The van der Waals surface area contributed by atoms with Crippen molar-refractivity contribution in [3.05, 3.63) is 41.5 Å². The van der Waals surface area contributed by atoms with Gasteiger partial charge in [-0.3, -0.25) is 0 Å². The number of rotatable bonds is 3. The minimum atomic E-state index is 0.138. The molecule has 0 spiro atoms. The maximum absolute atomic E-state index is 6.26. The summed E-state index contributed by atoms with van der Waals surface area (Å²) in [5.74, 6) is 0. The first kappa shape index (κ1) is 15.1. The molecule has 0 aromatic heterocycles. The van der Waals surface area contributed by atoms with Crippen molar-refractivity contribution in [3.63, 3.8) is 0 Å². The van der Waals surface area contributed by atoms with Crippen molar-refractivity contribution in [1.82, 2.24) is 0 Å². The fourth-order valence-corrected chi connectivity index (χ4v) is 2.88. The lowest BCUT2D eigenvalue weighted by Crippen LogP contribution is -2.32. The highest BCUT2D eigenvalue weighted by Crippen LogP contribution is 2.33. The van der Waals surface area contributed by atoms with Crippen LogP contribution in [0.25, 0.3) is 0 Å². The average Bonchev–Trinajstić information content (AvgIpc) is 2.45. The van der Waals surface area contributed by atoms with E-state index in [9.17, 15) is 0 Å². The predicted molar refractivity (Wildman–Crippen MR) is 88.0 cm³/mol. The fourth-order valence-electron chi connectivity index (χ4n) is 2.88. The summed E-state index contributed by atoms with van der Waals surface area (Å²) in [4.78, 5) is 2.46. The molecular weight excluding hydrogens is 244 g/mol. The van der Waals surface area contributed by atoms with E-state index in [-0.39, 0.29) is 6.04 Å². The Morgan fingerprint density at radius 2 is 1.95 bits per heavy atom. The molecule has 0 bridgehead atoms. The van der Waals surface area contributed by atoms with E-state index in [2.05, 4.69) is 62.9 Å². The van der Waals surface area contributed by atoms with Crippen LogP contribution in [-0.4, -0.2) is 13.1 Å². The van der Waals surface area contributed by atoms with E-state index in [1.807, 2.05) is 0 Å². The van der Waals surface area contributed by atoms with Crippen molar-refractivity contribution in [1.29, 1.82) is 0 Å². The van der Waals surface area contributed by atoms with Crippen LogP contribution < -0.4 is 10.6 Å². The molecule has 1 atom stereocenters. The van der Waals surface area contributed by atoms with Gasteiger partial charge >= 0.3 is 0 Å². The molecule has 0 aliphatic carbocycles. The third kappa shape index (κ3) is 3.24. The summed E-state index contributed by atoms with van der Waals surface area (Å²) < 4.78 is 0. The second-order valence-electron chi connectivity index (χ2n) is 6.75. The average molecular weight is 272 g/mol. The van der Waals surface area contributed by atoms with Crippen molar-refractivity contribution in [2.24, 2.45) is 11.1 Å². The highest BCUT2D eigenvalue weighted by atomic mass is 15.1. The van der Waals surface area contributed by atoms with Gasteiger partial charge < -0.3 is 10.6 Å². The van der Waals surface area contributed by atoms with Crippen LogP contribution in [0.4, 0.5) is 5.69 Å². The third-order valence-electron chi connectivity index (χ3n) is 4.29. The van der Waals surface area contributed by atoms with Gasteiger partial charge in [-0.05, 0) is 29.9 Å². The van der Waals surface area contributed by atoms with Gasteiger partial charge in [0, 0.05) is 24.8 Å². The molecule has 1 aliphatic heterocycles. The zero-order valence-corrected chi connectivity index (χ0v) is 13.3. The molecule has 0 saturated heterocycles. The minimum absolute atomic E-state index is 0.138. The Morgan fingerprint density at radius 3 is 2.50 bits per heavy atom. The molecule has 2 rings (SSSR count). The van der Waals surface area contributed by atoms with Crippen LogP contribution in [0, 0.1) is 5.41 Å². The molecule has 0 fully saturated rings. The molecule has 0 unspecified atom stereocenters. The van der Waals surface area contributed by atoms with E-state index in [4.69, 9.17) is 5.73 Å². The van der Waals surface area contributed by atoms with Gasteiger partial charge in [-0.1, -0.05) is 57.5 Å². The predicted octanol–water partition coefficient (Wildman–Crippen LogP) is 4.28. The first-order valence-corrected chi connectivity index (χ1v) is 7.72. The molecule has 110 valence electrons. The SMILES string of the molecule is CC[C@H](N)c1ccccc1N1CC=C(C(C)(C)C)CC1. The maximum atomic E-state index is 6.26. The second-order valence-corrected chi connectivity index (χ2v) is 6.75. The molecule has 1 aromatic rings. The Hall–Kier alpha value is -1.28. The topological polar surface area (TPSA) is 29.3 Å². The molecule has 0 saturated carbocycles. The molecule has 2 N–H and O–H groups in total. The van der Waals surface area contributed by atoms with Crippen molar-refractivity contribution in [2.45, 2.75) is 46.6 Å². The number of nitrogens with two attached hydrogens (primary N) is 1.